The number of aromatic amines is 2. The lowest BCUT2D eigenvalue weighted by Gasteiger charge is -2.10. The van der Waals surface area contributed by atoms with Crippen LogP contribution in [0.2, 0.25) is 0 Å². The van der Waals surface area contributed by atoms with E-state index in [9.17, 15) is 13.2 Å². The highest BCUT2D eigenvalue weighted by atomic mass is 19.4. The standard InChI is InChI=1S/C46H31F3N4O/c47-46(48,49)28-54-40-27-39-43(31-17-9-3-10-18-31)37-24-23-35(51-37)41(29-13-5-1-6-14-29)33-21-22-34(50-33)42(30-15-7-2-8-16-30)36-25-26-38(52-36)44(45(40)53-39)32-19-11-4-12-20-32/h1-27,50,53H,28H2. The quantitative estimate of drug-likeness (QED) is 0.180. The van der Waals surface area contributed by atoms with Gasteiger partial charge >= 0.3 is 6.18 Å². The van der Waals surface area contributed by atoms with Gasteiger partial charge in [0.1, 0.15) is 5.75 Å². The molecule has 8 bridgehead atoms. The van der Waals surface area contributed by atoms with Gasteiger partial charge in [-0.3, -0.25) is 0 Å². The number of benzene rings is 4. The van der Waals surface area contributed by atoms with Gasteiger partial charge in [-0.2, -0.15) is 13.2 Å². The van der Waals surface area contributed by atoms with E-state index in [1.807, 2.05) is 133 Å². The summed E-state index contributed by atoms with van der Waals surface area (Å²) in [5, 5.41) is 0. The molecule has 0 saturated heterocycles. The predicted octanol–water partition coefficient (Wildman–Crippen LogP) is 12.3. The van der Waals surface area contributed by atoms with Gasteiger partial charge < -0.3 is 14.7 Å². The third-order valence-electron chi connectivity index (χ3n) is 9.47. The van der Waals surface area contributed by atoms with Crippen molar-refractivity contribution in [1.82, 2.24) is 19.9 Å². The second-order valence-corrected chi connectivity index (χ2v) is 13.0. The van der Waals surface area contributed by atoms with Gasteiger partial charge in [-0.25, -0.2) is 9.97 Å². The molecule has 5 heterocycles. The van der Waals surface area contributed by atoms with Crippen LogP contribution in [0.25, 0.3) is 90.9 Å². The lowest BCUT2D eigenvalue weighted by atomic mass is 10.0. The van der Waals surface area contributed by atoms with E-state index in [-0.39, 0.29) is 5.75 Å². The Morgan fingerprint density at radius 1 is 0.444 bits per heavy atom. The van der Waals surface area contributed by atoms with Gasteiger partial charge in [0.05, 0.1) is 33.8 Å². The molecule has 7 aromatic rings. The first-order valence-corrected chi connectivity index (χ1v) is 17.5. The van der Waals surface area contributed by atoms with Crippen molar-refractivity contribution in [3.8, 4) is 50.3 Å². The van der Waals surface area contributed by atoms with Gasteiger partial charge in [0.2, 0.25) is 0 Å². The average Bonchev–Trinajstić information content (AvgIpc) is 4.03. The topological polar surface area (TPSA) is 66.6 Å². The van der Waals surface area contributed by atoms with E-state index in [1.165, 1.54) is 0 Å². The Morgan fingerprint density at radius 2 is 0.815 bits per heavy atom. The van der Waals surface area contributed by atoms with Crippen molar-refractivity contribution in [3.63, 3.8) is 0 Å². The number of ether oxygens (including phenoxy) is 1. The lowest BCUT2D eigenvalue weighted by molar-refractivity contribution is -0.153. The van der Waals surface area contributed by atoms with Crippen LogP contribution >= 0.6 is 0 Å². The molecule has 0 aliphatic carbocycles. The molecular formula is C46H31F3N4O. The molecule has 0 spiro atoms. The summed E-state index contributed by atoms with van der Waals surface area (Å²) in [7, 11) is 0. The third kappa shape index (κ3) is 6.28. The Morgan fingerprint density at radius 3 is 1.22 bits per heavy atom. The summed E-state index contributed by atoms with van der Waals surface area (Å²) in [6.07, 6.45) is 3.23. The molecule has 0 fully saturated rings. The number of alkyl halides is 3. The number of hydrogen-bond donors (Lipinski definition) is 2. The Labute approximate surface area is 308 Å². The van der Waals surface area contributed by atoms with Crippen LogP contribution < -0.4 is 4.74 Å². The molecule has 0 radical (unpaired) electrons. The molecule has 2 aliphatic heterocycles. The molecule has 0 amide bonds. The van der Waals surface area contributed by atoms with E-state index in [4.69, 9.17) is 14.7 Å². The number of nitrogens with one attached hydrogen (secondary N) is 2. The molecule has 0 saturated carbocycles. The Kier molecular flexibility index (Phi) is 8.27. The number of halogens is 3. The number of aromatic nitrogens is 4. The van der Waals surface area contributed by atoms with Crippen molar-refractivity contribution in [2.45, 2.75) is 6.18 Å². The van der Waals surface area contributed by atoms with Gasteiger partial charge in [-0.15, -0.1) is 0 Å². The predicted molar refractivity (Wildman–Crippen MR) is 212 cm³/mol. The fourth-order valence-electron chi connectivity index (χ4n) is 7.16. The van der Waals surface area contributed by atoms with Crippen molar-refractivity contribution >= 4 is 46.4 Å². The fourth-order valence-corrected chi connectivity index (χ4v) is 7.16. The van der Waals surface area contributed by atoms with Crippen LogP contribution in [0, 0.1) is 0 Å². The Bertz CT molecular complexity index is 2730. The van der Waals surface area contributed by atoms with Gasteiger partial charge in [0.15, 0.2) is 6.61 Å². The summed E-state index contributed by atoms with van der Waals surface area (Å²) in [6, 6.07) is 45.1. The SMILES string of the molecule is FC(F)(F)COc1cc2[nH]c1c(-c1ccccc1)c1nc(c(-c3ccccc3)c3ccc([nH]3)c(-c3ccccc3)c3nc(c2-c2ccccc2)C=C3)C=C1. The summed E-state index contributed by atoms with van der Waals surface area (Å²) in [5.41, 5.74) is 11.9. The van der Waals surface area contributed by atoms with Crippen molar-refractivity contribution in [2.24, 2.45) is 0 Å². The van der Waals surface area contributed by atoms with E-state index in [2.05, 4.69) is 34.2 Å². The maximum Gasteiger partial charge on any atom is 0.422 e. The molecule has 8 heteroatoms. The molecule has 0 atom stereocenters. The van der Waals surface area contributed by atoms with Crippen LogP contribution in [0.3, 0.4) is 0 Å². The largest absolute Gasteiger partial charge is 0.482 e. The van der Waals surface area contributed by atoms with E-state index in [0.29, 0.717) is 39.2 Å². The summed E-state index contributed by atoms with van der Waals surface area (Å²) in [6.45, 7) is -1.46. The first-order valence-electron chi connectivity index (χ1n) is 17.5. The van der Waals surface area contributed by atoms with Crippen molar-refractivity contribution < 1.29 is 17.9 Å². The maximum absolute atomic E-state index is 13.8. The number of H-pyrrole nitrogens is 2. The first-order chi connectivity index (χ1) is 26.4. The molecular weight excluding hydrogens is 682 g/mol. The van der Waals surface area contributed by atoms with Gasteiger partial charge in [-0.1, -0.05) is 121 Å². The second-order valence-electron chi connectivity index (χ2n) is 13.0. The Balaban J connectivity index is 1.50. The van der Waals surface area contributed by atoms with Crippen molar-refractivity contribution in [1.29, 1.82) is 0 Å². The second kappa shape index (κ2) is 13.6. The van der Waals surface area contributed by atoms with Gasteiger partial charge in [-0.05, 0) is 58.7 Å². The van der Waals surface area contributed by atoms with Crippen molar-refractivity contribution in [2.75, 3.05) is 6.61 Å². The molecule has 5 nitrogen and oxygen atoms in total. The summed E-state index contributed by atoms with van der Waals surface area (Å²) in [5.74, 6) is 0.0487. The van der Waals surface area contributed by atoms with Crippen LogP contribution in [0.1, 0.15) is 22.8 Å². The highest BCUT2D eigenvalue weighted by Crippen LogP contribution is 2.41. The highest BCUT2D eigenvalue weighted by molar-refractivity contribution is 6.01. The Hall–Kier alpha value is -6.93. The zero-order valence-corrected chi connectivity index (χ0v) is 28.7. The molecule has 2 N–H and O–H groups in total. The van der Waals surface area contributed by atoms with Crippen LogP contribution in [0.15, 0.2) is 140 Å². The minimum Gasteiger partial charge on any atom is -0.482 e. The van der Waals surface area contributed by atoms with E-state index < -0.39 is 12.8 Å². The minimum absolute atomic E-state index is 0.0487. The summed E-state index contributed by atoms with van der Waals surface area (Å²) >= 11 is 0. The van der Waals surface area contributed by atoms with Crippen molar-refractivity contribution in [3.05, 3.63) is 162 Å². The first kappa shape index (κ1) is 32.9. The average molecular weight is 713 g/mol. The molecule has 3 aromatic heterocycles. The third-order valence-corrected chi connectivity index (χ3v) is 9.47. The summed E-state index contributed by atoms with van der Waals surface area (Å²) < 4.78 is 47.1. The lowest BCUT2D eigenvalue weighted by Crippen LogP contribution is -2.19. The normalized spacial score (nSPS) is 12.3. The summed E-state index contributed by atoms with van der Waals surface area (Å²) in [4.78, 5) is 17.7. The molecule has 9 rings (SSSR count). The maximum atomic E-state index is 13.8. The van der Waals surface area contributed by atoms with E-state index >= 15 is 0 Å². The van der Waals surface area contributed by atoms with Crippen LogP contribution in [-0.2, 0) is 0 Å². The van der Waals surface area contributed by atoms with E-state index in [0.717, 1.165) is 50.1 Å². The van der Waals surface area contributed by atoms with Gasteiger partial charge in [0.25, 0.3) is 0 Å². The molecule has 4 aromatic carbocycles. The monoisotopic (exact) mass is 712 g/mol. The fraction of sp³-hybridized carbons (Fsp3) is 0.0435. The number of hydrogen-bond acceptors (Lipinski definition) is 3. The van der Waals surface area contributed by atoms with Crippen LogP contribution in [0.5, 0.6) is 5.75 Å². The molecule has 0 unspecified atom stereocenters. The minimum atomic E-state index is -4.56. The van der Waals surface area contributed by atoms with Crippen LogP contribution in [-0.4, -0.2) is 32.7 Å². The number of nitrogens with zero attached hydrogens (tertiary/aromatic N) is 2. The number of rotatable bonds is 6. The highest BCUT2D eigenvalue weighted by Gasteiger charge is 2.30. The van der Waals surface area contributed by atoms with E-state index in [1.54, 1.807) is 6.07 Å². The molecule has 54 heavy (non-hydrogen) atoms. The zero-order chi connectivity index (χ0) is 36.6. The smallest absolute Gasteiger partial charge is 0.422 e. The molecule has 2 aliphatic rings. The zero-order valence-electron chi connectivity index (χ0n) is 28.7. The van der Waals surface area contributed by atoms with Crippen LogP contribution in [0.4, 0.5) is 13.2 Å². The number of fused-ring (bicyclic) bond motifs is 8. The molecule has 262 valence electrons. The van der Waals surface area contributed by atoms with Gasteiger partial charge in [0, 0.05) is 39.4 Å².